The third-order valence-corrected chi connectivity index (χ3v) is 5.22. The first kappa shape index (κ1) is 24.9. The summed E-state index contributed by atoms with van der Waals surface area (Å²) in [4.78, 5) is 16.9. The minimum absolute atomic E-state index is 0. The number of hydrogen-bond acceptors (Lipinski definition) is 4. The Morgan fingerprint density at radius 2 is 1.87 bits per heavy atom. The predicted octanol–water partition coefficient (Wildman–Crippen LogP) is 3.97. The number of carbonyl (C=O) groups is 1. The van der Waals surface area contributed by atoms with Gasteiger partial charge in [0.15, 0.2) is 0 Å². The van der Waals surface area contributed by atoms with Gasteiger partial charge in [-0.25, -0.2) is 0 Å². The van der Waals surface area contributed by atoms with Crippen LogP contribution in [0.25, 0.3) is 0 Å². The largest absolute Gasteiger partial charge is 0.326 e. The molecule has 0 bridgehead atoms. The van der Waals surface area contributed by atoms with Crippen molar-refractivity contribution in [2.75, 3.05) is 11.9 Å². The fraction of sp³-hybridized carbons (Fsp3) is 0.348. The third kappa shape index (κ3) is 7.06. The molecule has 2 N–H and O–H groups in total. The minimum atomic E-state index is 0. The van der Waals surface area contributed by atoms with E-state index in [1.165, 1.54) is 5.69 Å². The van der Waals surface area contributed by atoms with Gasteiger partial charge in [0, 0.05) is 43.5 Å². The summed E-state index contributed by atoms with van der Waals surface area (Å²) in [6, 6.07) is 16.1. The zero-order valence-electron chi connectivity index (χ0n) is 17.4. The lowest BCUT2D eigenvalue weighted by Crippen LogP contribution is -2.14. The van der Waals surface area contributed by atoms with E-state index >= 15 is 0 Å². The van der Waals surface area contributed by atoms with Crippen LogP contribution < -0.4 is 10.6 Å². The zero-order valence-corrected chi connectivity index (χ0v) is 19.1. The highest BCUT2D eigenvalue weighted by atomic mass is 35.5. The number of hydrogen-bond donors (Lipinski definition) is 2. The molecule has 1 amide bonds. The molecule has 1 aliphatic heterocycles. The van der Waals surface area contributed by atoms with Crippen molar-refractivity contribution in [1.29, 1.82) is 0 Å². The number of anilines is 1. The van der Waals surface area contributed by atoms with Crippen molar-refractivity contribution < 1.29 is 4.79 Å². The first-order valence-electron chi connectivity index (χ1n) is 10.3. The van der Waals surface area contributed by atoms with Gasteiger partial charge in [-0.05, 0) is 55.6 Å². The topological polar surface area (TPSA) is 71.8 Å². The van der Waals surface area contributed by atoms with E-state index in [4.69, 9.17) is 0 Å². The number of aryl methyl sites for hydroxylation is 4. The first-order valence-corrected chi connectivity index (χ1v) is 10.3. The molecular formula is C23H29Cl2N5O. The summed E-state index contributed by atoms with van der Waals surface area (Å²) >= 11 is 0. The van der Waals surface area contributed by atoms with Crippen LogP contribution in [0.1, 0.15) is 35.5 Å². The van der Waals surface area contributed by atoms with Crippen LogP contribution in [0.4, 0.5) is 5.69 Å². The molecular weight excluding hydrogens is 433 g/mol. The molecule has 2 aromatic heterocycles. The Morgan fingerprint density at radius 1 is 1.03 bits per heavy atom. The van der Waals surface area contributed by atoms with Crippen LogP contribution in [0.5, 0.6) is 0 Å². The van der Waals surface area contributed by atoms with E-state index in [9.17, 15) is 4.79 Å². The van der Waals surface area contributed by atoms with Gasteiger partial charge >= 0.3 is 0 Å². The monoisotopic (exact) mass is 461 g/mol. The van der Waals surface area contributed by atoms with Crippen LogP contribution in [-0.4, -0.2) is 27.2 Å². The van der Waals surface area contributed by atoms with Crippen LogP contribution in [-0.2, 0) is 37.1 Å². The maximum atomic E-state index is 12.5. The summed E-state index contributed by atoms with van der Waals surface area (Å²) in [5.74, 6) is 0.0246. The molecule has 166 valence electrons. The number of benzene rings is 1. The highest BCUT2D eigenvalue weighted by molar-refractivity contribution is 5.91. The minimum Gasteiger partial charge on any atom is -0.326 e. The van der Waals surface area contributed by atoms with E-state index in [-0.39, 0.29) is 30.7 Å². The molecule has 0 saturated heterocycles. The third-order valence-electron chi connectivity index (χ3n) is 5.22. The maximum Gasteiger partial charge on any atom is 0.224 e. The van der Waals surface area contributed by atoms with Gasteiger partial charge < -0.3 is 10.6 Å². The van der Waals surface area contributed by atoms with Gasteiger partial charge in [0.25, 0.3) is 0 Å². The van der Waals surface area contributed by atoms with Crippen molar-refractivity contribution in [3.8, 4) is 0 Å². The number of rotatable bonds is 7. The Labute approximate surface area is 195 Å². The van der Waals surface area contributed by atoms with Gasteiger partial charge in [-0.3, -0.25) is 14.5 Å². The van der Waals surface area contributed by atoms with Crippen LogP contribution in [0.3, 0.4) is 0 Å². The number of carbonyl (C=O) groups excluding carboxylic acids is 1. The maximum absolute atomic E-state index is 12.5. The Balaban J connectivity index is 0.00000171. The molecule has 0 atom stereocenters. The molecule has 1 aromatic carbocycles. The Morgan fingerprint density at radius 3 is 2.71 bits per heavy atom. The highest BCUT2D eigenvalue weighted by Crippen LogP contribution is 2.18. The van der Waals surface area contributed by atoms with Crippen LogP contribution in [0.2, 0.25) is 0 Å². The lowest BCUT2D eigenvalue weighted by Gasteiger charge is -2.11. The van der Waals surface area contributed by atoms with Crippen molar-refractivity contribution >= 4 is 36.4 Å². The van der Waals surface area contributed by atoms with E-state index in [1.807, 2.05) is 42.6 Å². The van der Waals surface area contributed by atoms with Crippen molar-refractivity contribution in [2.45, 2.75) is 45.2 Å². The van der Waals surface area contributed by atoms with Gasteiger partial charge in [0.05, 0.1) is 11.4 Å². The van der Waals surface area contributed by atoms with E-state index in [2.05, 4.69) is 37.5 Å². The fourth-order valence-electron chi connectivity index (χ4n) is 3.67. The van der Waals surface area contributed by atoms with Gasteiger partial charge in [0.2, 0.25) is 5.91 Å². The average molecular weight is 462 g/mol. The molecule has 0 radical (unpaired) electrons. The molecule has 6 nitrogen and oxygen atoms in total. The number of pyridine rings is 1. The second-order valence-electron chi connectivity index (χ2n) is 7.41. The second-order valence-corrected chi connectivity index (χ2v) is 7.41. The molecule has 31 heavy (non-hydrogen) atoms. The van der Waals surface area contributed by atoms with Gasteiger partial charge in [-0.1, -0.05) is 24.3 Å². The Bertz CT molecular complexity index is 938. The molecule has 1 aliphatic rings. The molecule has 0 aliphatic carbocycles. The summed E-state index contributed by atoms with van der Waals surface area (Å²) in [6.45, 7) is 2.82. The second kappa shape index (κ2) is 12.4. The van der Waals surface area contributed by atoms with Crippen molar-refractivity contribution in [3.63, 3.8) is 0 Å². The summed E-state index contributed by atoms with van der Waals surface area (Å²) < 4.78 is 2.07. The van der Waals surface area contributed by atoms with E-state index in [1.54, 1.807) is 0 Å². The first-order chi connectivity index (χ1) is 14.3. The average Bonchev–Trinajstić information content (AvgIpc) is 3.01. The van der Waals surface area contributed by atoms with E-state index in [0.717, 1.165) is 61.5 Å². The van der Waals surface area contributed by atoms with Gasteiger partial charge in [-0.2, -0.15) is 5.10 Å². The summed E-state index contributed by atoms with van der Waals surface area (Å²) in [5.41, 5.74) is 5.27. The summed E-state index contributed by atoms with van der Waals surface area (Å²) in [7, 11) is 0. The molecule has 8 heteroatoms. The molecule has 0 spiro atoms. The Hall–Kier alpha value is -2.41. The number of fused-ring (bicyclic) bond motifs is 1. The van der Waals surface area contributed by atoms with Gasteiger partial charge in [0.1, 0.15) is 0 Å². The van der Waals surface area contributed by atoms with Crippen LogP contribution in [0, 0.1) is 0 Å². The van der Waals surface area contributed by atoms with Crippen molar-refractivity contribution in [1.82, 2.24) is 20.1 Å². The van der Waals surface area contributed by atoms with Crippen molar-refractivity contribution in [2.24, 2.45) is 0 Å². The van der Waals surface area contributed by atoms with Gasteiger partial charge in [-0.15, -0.1) is 24.8 Å². The number of nitrogens with zero attached hydrogens (tertiary/aromatic N) is 3. The summed E-state index contributed by atoms with van der Waals surface area (Å²) in [5, 5.41) is 11.1. The highest BCUT2D eigenvalue weighted by Gasteiger charge is 2.13. The molecule has 0 fully saturated rings. The normalized spacial score (nSPS) is 12.6. The molecule has 3 aromatic rings. The Kier molecular flexibility index (Phi) is 9.98. The summed E-state index contributed by atoms with van der Waals surface area (Å²) in [6.07, 6.45) is 5.68. The molecule has 4 rings (SSSR count). The SMILES string of the molecule is Cl.Cl.O=C(CCc1cc2n(n1)CCCNC2)Nc1ccccc1CCc1ccccn1. The lowest BCUT2D eigenvalue weighted by atomic mass is 10.1. The molecule has 0 saturated carbocycles. The number of amides is 1. The van der Waals surface area contributed by atoms with Crippen LogP contribution >= 0.6 is 24.8 Å². The standard InChI is InChI=1S/C23H27N5O.2ClH/c29-23(12-11-20-16-21-17-24-13-5-15-28(21)27-20)26-22-8-2-1-6-18(22)9-10-19-7-3-4-14-25-19;;/h1-4,6-8,14,16,24H,5,9-13,15,17H2,(H,26,29);2*1H. The number of para-hydroxylation sites is 1. The van der Waals surface area contributed by atoms with Crippen LogP contribution in [0.15, 0.2) is 54.7 Å². The molecule has 3 heterocycles. The smallest absolute Gasteiger partial charge is 0.224 e. The fourth-order valence-corrected chi connectivity index (χ4v) is 3.67. The van der Waals surface area contributed by atoms with Crippen molar-refractivity contribution in [3.05, 3.63) is 77.4 Å². The lowest BCUT2D eigenvalue weighted by molar-refractivity contribution is -0.116. The number of nitrogens with one attached hydrogen (secondary N) is 2. The molecule has 0 unspecified atom stereocenters. The number of aromatic nitrogens is 3. The number of halogens is 2. The quantitative estimate of drug-likeness (QED) is 0.558. The van der Waals surface area contributed by atoms with E-state index < -0.39 is 0 Å². The zero-order chi connectivity index (χ0) is 19.9. The van der Waals surface area contributed by atoms with E-state index in [0.29, 0.717) is 12.8 Å². The predicted molar refractivity (Wildman–Crippen MR) is 128 cm³/mol.